The van der Waals surface area contributed by atoms with Gasteiger partial charge in [0.15, 0.2) is 0 Å². The second kappa shape index (κ2) is 5.73. The molecule has 6 heteroatoms. The monoisotopic (exact) mass is 345 g/mol. The first kappa shape index (κ1) is 13.9. The zero-order valence-corrected chi connectivity index (χ0v) is 13.3. The number of nitrogen functional groups attached to an aromatic ring is 1. The number of nitrogens with zero attached hydrogens (tertiary/aromatic N) is 3. The van der Waals surface area contributed by atoms with Crippen LogP contribution in [0.2, 0.25) is 0 Å². The van der Waals surface area contributed by atoms with Crippen molar-refractivity contribution in [3.8, 4) is 0 Å². The molecule has 0 spiro atoms. The van der Waals surface area contributed by atoms with Gasteiger partial charge in [0.25, 0.3) is 0 Å². The maximum Gasteiger partial charge on any atom is 0.110 e. The first-order chi connectivity index (χ1) is 10.1. The Balaban J connectivity index is 1.84. The second-order valence-electron chi connectivity index (χ2n) is 4.88. The predicted molar refractivity (Wildman–Crippen MR) is 89.3 cm³/mol. The quantitative estimate of drug-likeness (QED) is 0.762. The molecule has 5 nitrogen and oxygen atoms in total. The summed E-state index contributed by atoms with van der Waals surface area (Å²) in [5, 5.41) is 4.43. The molecule has 0 saturated carbocycles. The molecule has 21 heavy (non-hydrogen) atoms. The molecule has 0 aliphatic rings. The fourth-order valence-corrected chi connectivity index (χ4v) is 2.68. The van der Waals surface area contributed by atoms with Gasteiger partial charge in [-0.3, -0.25) is 4.98 Å². The van der Waals surface area contributed by atoms with Gasteiger partial charge in [-0.1, -0.05) is 15.9 Å². The minimum Gasteiger partial charge on any atom is -0.396 e. The van der Waals surface area contributed by atoms with Crippen molar-refractivity contribution in [2.45, 2.75) is 6.42 Å². The molecule has 3 rings (SSSR count). The SMILES string of the molecule is Cn1ccnc1CCNc1c(N)cnc2ccc(Br)cc12. The predicted octanol–water partition coefficient (Wildman–Crippen LogP) is 2.97. The van der Waals surface area contributed by atoms with Crippen molar-refractivity contribution in [1.82, 2.24) is 14.5 Å². The van der Waals surface area contributed by atoms with Gasteiger partial charge >= 0.3 is 0 Å². The topological polar surface area (TPSA) is 68.8 Å². The molecule has 0 radical (unpaired) electrons. The van der Waals surface area contributed by atoms with Crippen LogP contribution in [0.3, 0.4) is 0 Å². The molecule has 2 aromatic heterocycles. The van der Waals surface area contributed by atoms with Crippen LogP contribution in [0.5, 0.6) is 0 Å². The number of pyridine rings is 1. The van der Waals surface area contributed by atoms with Crippen LogP contribution in [0.4, 0.5) is 11.4 Å². The molecule has 0 aliphatic heterocycles. The molecule has 3 N–H and O–H groups in total. The molecule has 0 atom stereocenters. The van der Waals surface area contributed by atoms with E-state index in [4.69, 9.17) is 5.73 Å². The van der Waals surface area contributed by atoms with Crippen LogP contribution in [-0.2, 0) is 13.5 Å². The summed E-state index contributed by atoms with van der Waals surface area (Å²) >= 11 is 3.49. The number of anilines is 2. The average Bonchev–Trinajstić information content (AvgIpc) is 2.87. The minimum atomic E-state index is 0.653. The Morgan fingerprint density at radius 2 is 2.19 bits per heavy atom. The Labute approximate surface area is 131 Å². The van der Waals surface area contributed by atoms with E-state index in [-0.39, 0.29) is 0 Å². The standard InChI is InChI=1S/C15H16BrN5/c1-21-7-6-18-14(21)4-5-19-15-11-8-10(16)2-3-13(11)20-9-12(15)17/h2-3,6-9H,4-5,17H2,1H3,(H,19,20). The first-order valence-corrected chi connectivity index (χ1v) is 7.48. The zero-order chi connectivity index (χ0) is 14.8. The fraction of sp³-hybridized carbons (Fsp3) is 0.200. The number of hydrogen-bond acceptors (Lipinski definition) is 4. The van der Waals surface area contributed by atoms with Gasteiger partial charge in [-0.05, 0) is 18.2 Å². The minimum absolute atomic E-state index is 0.653. The molecule has 3 aromatic rings. The van der Waals surface area contributed by atoms with Crippen molar-refractivity contribution < 1.29 is 0 Å². The van der Waals surface area contributed by atoms with Crippen molar-refractivity contribution in [1.29, 1.82) is 0 Å². The lowest BCUT2D eigenvalue weighted by Gasteiger charge is -2.12. The summed E-state index contributed by atoms with van der Waals surface area (Å²) in [5.41, 5.74) is 8.57. The van der Waals surface area contributed by atoms with E-state index in [1.54, 1.807) is 6.20 Å². The summed E-state index contributed by atoms with van der Waals surface area (Å²) in [6, 6.07) is 5.98. The molecule has 0 fully saturated rings. The van der Waals surface area contributed by atoms with Crippen molar-refractivity contribution in [3.05, 3.63) is 47.1 Å². The Kier molecular flexibility index (Phi) is 3.79. The third-order valence-corrected chi connectivity index (χ3v) is 3.92. The van der Waals surface area contributed by atoms with Gasteiger partial charge in [-0.15, -0.1) is 0 Å². The number of imidazole rings is 1. The molecule has 0 aliphatic carbocycles. The van der Waals surface area contributed by atoms with Gasteiger partial charge in [0.05, 0.1) is 23.1 Å². The number of aromatic nitrogens is 3. The number of fused-ring (bicyclic) bond motifs is 1. The fourth-order valence-electron chi connectivity index (χ4n) is 2.31. The number of nitrogens with two attached hydrogens (primary N) is 1. The highest BCUT2D eigenvalue weighted by atomic mass is 79.9. The van der Waals surface area contributed by atoms with E-state index in [2.05, 4.69) is 31.2 Å². The van der Waals surface area contributed by atoms with Gasteiger partial charge in [0, 0.05) is 42.3 Å². The lowest BCUT2D eigenvalue weighted by Crippen LogP contribution is -2.10. The van der Waals surface area contributed by atoms with Crippen molar-refractivity contribution in [2.24, 2.45) is 7.05 Å². The van der Waals surface area contributed by atoms with Crippen LogP contribution >= 0.6 is 15.9 Å². The number of hydrogen-bond donors (Lipinski definition) is 2. The summed E-state index contributed by atoms with van der Waals surface area (Å²) in [6.45, 7) is 0.765. The summed E-state index contributed by atoms with van der Waals surface area (Å²) in [4.78, 5) is 8.67. The van der Waals surface area contributed by atoms with Crippen LogP contribution < -0.4 is 11.1 Å². The first-order valence-electron chi connectivity index (χ1n) is 6.69. The smallest absolute Gasteiger partial charge is 0.110 e. The Morgan fingerprint density at radius 1 is 1.33 bits per heavy atom. The van der Waals surface area contributed by atoms with Crippen LogP contribution in [0.25, 0.3) is 10.9 Å². The van der Waals surface area contributed by atoms with E-state index >= 15 is 0 Å². The molecule has 2 heterocycles. The Morgan fingerprint density at radius 3 is 2.95 bits per heavy atom. The molecule has 0 amide bonds. The molecule has 0 unspecified atom stereocenters. The lowest BCUT2D eigenvalue weighted by atomic mass is 10.1. The average molecular weight is 346 g/mol. The Hall–Kier alpha value is -2.08. The number of nitrogens with one attached hydrogen (secondary N) is 1. The van der Waals surface area contributed by atoms with Crippen molar-refractivity contribution >= 4 is 38.2 Å². The van der Waals surface area contributed by atoms with E-state index in [1.165, 1.54) is 0 Å². The van der Waals surface area contributed by atoms with Crippen LogP contribution in [0, 0.1) is 0 Å². The van der Waals surface area contributed by atoms with E-state index in [1.807, 2.05) is 42.2 Å². The van der Waals surface area contributed by atoms with E-state index in [0.717, 1.165) is 39.9 Å². The molecular formula is C15H16BrN5. The Bertz CT molecular complexity index is 776. The summed E-state index contributed by atoms with van der Waals surface area (Å²) in [7, 11) is 2.00. The highest BCUT2D eigenvalue weighted by molar-refractivity contribution is 9.10. The van der Waals surface area contributed by atoms with Crippen LogP contribution in [0.15, 0.2) is 41.3 Å². The largest absolute Gasteiger partial charge is 0.396 e. The molecule has 0 bridgehead atoms. The highest BCUT2D eigenvalue weighted by Gasteiger charge is 2.07. The maximum absolute atomic E-state index is 6.06. The molecular weight excluding hydrogens is 330 g/mol. The number of benzene rings is 1. The molecule has 1 aromatic carbocycles. The summed E-state index contributed by atoms with van der Waals surface area (Å²) < 4.78 is 3.03. The van der Waals surface area contributed by atoms with Gasteiger partial charge in [-0.2, -0.15) is 0 Å². The van der Waals surface area contributed by atoms with Crippen LogP contribution in [0.1, 0.15) is 5.82 Å². The number of aryl methyl sites for hydroxylation is 1. The van der Waals surface area contributed by atoms with Crippen molar-refractivity contribution in [2.75, 3.05) is 17.6 Å². The van der Waals surface area contributed by atoms with Crippen molar-refractivity contribution in [3.63, 3.8) is 0 Å². The molecule has 0 saturated heterocycles. The van der Waals surface area contributed by atoms with Gasteiger partial charge in [0.2, 0.25) is 0 Å². The summed E-state index contributed by atoms with van der Waals surface area (Å²) in [5.74, 6) is 1.04. The maximum atomic E-state index is 6.06. The van der Waals surface area contributed by atoms with Crippen LogP contribution in [-0.4, -0.2) is 21.1 Å². The number of halogens is 1. The number of rotatable bonds is 4. The van der Waals surface area contributed by atoms with Gasteiger partial charge < -0.3 is 15.6 Å². The third kappa shape index (κ3) is 2.85. The lowest BCUT2D eigenvalue weighted by molar-refractivity contribution is 0.790. The highest BCUT2D eigenvalue weighted by Crippen LogP contribution is 2.29. The van der Waals surface area contributed by atoms with E-state index in [9.17, 15) is 0 Å². The third-order valence-electron chi connectivity index (χ3n) is 3.43. The van der Waals surface area contributed by atoms with E-state index in [0.29, 0.717) is 5.69 Å². The zero-order valence-electron chi connectivity index (χ0n) is 11.7. The van der Waals surface area contributed by atoms with Gasteiger partial charge in [-0.25, -0.2) is 4.98 Å². The normalized spacial score (nSPS) is 11.0. The van der Waals surface area contributed by atoms with Gasteiger partial charge in [0.1, 0.15) is 5.82 Å². The second-order valence-corrected chi connectivity index (χ2v) is 5.80. The summed E-state index contributed by atoms with van der Waals surface area (Å²) in [6.07, 6.45) is 6.28. The molecule has 108 valence electrons. The van der Waals surface area contributed by atoms with E-state index < -0.39 is 0 Å².